The van der Waals surface area contributed by atoms with E-state index in [9.17, 15) is 27.6 Å². The second-order valence-electron chi connectivity index (χ2n) is 8.31. The summed E-state index contributed by atoms with van der Waals surface area (Å²) in [5, 5.41) is 10.9. The number of carbonyl (C=O) groups is 4. The molecule has 0 aromatic heterocycles. The van der Waals surface area contributed by atoms with E-state index in [1.54, 1.807) is 17.0 Å². The quantitative estimate of drug-likeness (QED) is 0.614. The maximum absolute atomic E-state index is 13.3. The lowest BCUT2D eigenvalue weighted by Gasteiger charge is -2.50. The van der Waals surface area contributed by atoms with Gasteiger partial charge in [-0.2, -0.15) is 0 Å². The summed E-state index contributed by atoms with van der Waals surface area (Å²) < 4.78 is 23.4. The molecule has 3 rings (SSSR count). The average molecular weight is 451 g/mol. The van der Waals surface area contributed by atoms with Crippen LogP contribution in [0.4, 0.5) is 0 Å². The van der Waals surface area contributed by atoms with E-state index in [4.69, 9.17) is 5.11 Å². The van der Waals surface area contributed by atoms with Crippen LogP contribution in [0.15, 0.2) is 29.2 Å². The molecule has 1 aromatic carbocycles. The second-order valence-corrected chi connectivity index (χ2v) is 10.3. The minimum atomic E-state index is -3.36. The van der Waals surface area contributed by atoms with Gasteiger partial charge in [-0.1, -0.05) is 31.4 Å². The zero-order valence-electron chi connectivity index (χ0n) is 17.3. The fourth-order valence-electron chi connectivity index (χ4n) is 4.50. The molecule has 2 fully saturated rings. The maximum Gasteiger partial charge on any atom is 0.322 e. The number of benzene rings is 1. The zero-order chi connectivity index (χ0) is 22.8. The molecule has 2 aliphatic rings. The molecule has 31 heavy (non-hydrogen) atoms. The van der Waals surface area contributed by atoms with Crippen LogP contribution < -0.4 is 5.32 Å². The summed E-state index contributed by atoms with van der Waals surface area (Å²) in [6.07, 6.45) is 5.18. The summed E-state index contributed by atoms with van der Waals surface area (Å²) >= 11 is 0. The van der Waals surface area contributed by atoms with Gasteiger partial charge in [-0.05, 0) is 30.5 Å². The Morgan fingerprint density at radius 1 is 1.13 bits per heavy atom. The molecule has 1 saturated carbocycles. The van der Waals surface area contributed by atoms with Gasteiger partial charge in [-0.3, -0.25) is 19.2 Å². The molecular weight excluding hydrogens is 424 g/mol. The molecule has 9 nitrogen and oxygen atoms in total. The first-order valence-electron chi connectivity index (χ1n) is 10.2. The summed E-state index contributed by atoms with van der Waals surface area (Å²) in [4.78, 5) is 51.1. The van der Waals surface area contributed by atoms with Crippen LogP contribution in [0.25, 0.3) is 0 Å². The fraction of sp³-hybridized carbons (Fsp3) is 0.524. The van der Waals surface area contributed by atoms with Gasteiger partial charge in [0, 0.05) is 19.2 Å². The lowest BCUT2D eigenvalue weighted by molar-refractivity contribution is -0.162. The molecule has 2 N–H and O–H groups in total. The van der Waals surface area contributed by atoms with E-state index in [2.05, 4.69) is 5.32 Å². The van der Waals surface area contributed by atoms with Crippen molar-refractivity contribution in [2.45, 2.75) is 55.5 Å². The summed E-state index contributed by atoms with van der Waals surface area (Å²) in [6, 6.07) is 6.18. The van der Waals surface area contributed by atoms with Crippen LogP contribution in [0.1, 0.15) is 44.1 Å². The van der Waals surface area contributed by atoms with Crippen molar-refractivity contribution in [3.05, 3.63) is 29.8 Å². The number of likely N-dealkylation sites (tertiary alicyclic amines) is 1. The van der Waals surface area contributed by atoms with E-state index in [-0.39, 0.29) is 17.9 Å². The monoisotopic (exact) mass is 450 g/mol. The number of carboxylic acid groups (broad SMARTS) is 1. The van der Waals surface area contributed by atoms with Crippen molar-refractivity contribution >= 4 is 33.4 Å². The molecule has 10 heteroatoms. The van der Waals surface area contributed by atoms with Gasteiger partial charge in [0.25, 0.3) is 0 Å². The van der Waals surface area contributed by atoms with Crippen LogP contribution in [0, 0.1) is 5.92 Å². The van der Waals surface area contributed by atoms with Crippen LogP contribution >= 0.6 is 0 Å². The van der Waals surface area contributed by atoms with Gasteiger partial charge < -0.3 is 15.3 Å². The number of nitrogens with zero attached hydrogens (tertiary/aromatic N) is 1. The summed E-state index contributed by atoms with van der Waals surface area (Å²) in [5.41, 5.74) is 0.00985. The number of carbonyl (C=O) groups excluding carboxylic acids is 3. The van der Waals surface area contributed by atoms with E-state index in [1.807, 2.05) is 0 Å². The van der Waals surface area contributed by atoms with E-state index in [0.717, 1.165) is 25.5 Å². The number of sulfone groups is 1. The normalized spacial score (nSPS) is 21.2. The van der Waals surface area contributed by atoms with Gasteiger partial charge in [0.05, 0.1) is 10.4 Å². The number of Topliss-reactive ketones (excluding diaryl/α,β-unsaturated/α-hetero) is 1. The third kappa shape index (κ3) is 4.95. The number of ketones is 1. The first-order chi connectivity index (χ1) is 14.5. The Bertz CT molecular complexity index is 995. The van der Waals surface area contributed by atoms with E-state index < -0.39 is 51.4 Å². The third-order valence-corrected chi connectivity index (χ3v) is 7.19. The summed E-state index contributed by atoms with van der Waals surface area (Å²) in [6.45, 7) is -0.535. The topological polar surface area (TPSA) is 138 Å². The van der Waals surface area contributed by atoms with Crippen LogP contribution in [0.2, 0.25) is 0 Å². The first kappa shape index (κ1) is 22.9. The molecule has 1 aromatic rings. The van der Waals surface area contributed by atoms with Crippen molar-refractivity contribution < 1.29 is 32.7 Å². The largest absolute Gasteiger partial charge is 0.480 e. The van der Waals surface area contributed by atoms with Gasteiger partial charge in [0.15, 0.2) is 21.5 Å². The average Bonchev–Trinajstić information content (AvgIpc) is 2.70. The number of carboxylic acids is 1. The fourth-order valence-corrected chi connectivity index (χ4v) is 5.13. The molecule has 1 saturated heterocycles. The summed E-state index contributed by atoms with van der Waals surface area (Å²) in [5.74, 6) is -4.86. The lowest BCUT2D eigenvalue weighted by Crippen LogP contribution is -2.63. The van der Waals surface area contributed by atoms with Gasteiger partial charge in [-0.15, -0.1) is 0 Å². The highest BCUT2D eigenvalue weighted by Gasteiger charge is 2.52. The SMILES string of the molecule is CS(=O)(=O)c1ccc(CN2C(=O)C(C(=O)NCC(=O)O)C(=O)CC23CCCCC3)cc1. The lowest BCUT2D eigenvalue weighted by atomic mass is 9.71. The van der Waals surface area contributed by atoms with Crippen LogP contribution in [-0.2, 0) is 35.6 Å². The van der Waals surface area contributed by atoms with Gasteiger partial charge in [0.1, 0.15) is 6.54 Å². The maximum atomic E-state index is 13.3. The van der Waals surface area contributed by atoms with Crippen molar-refractivity contribution in [1.29, 1.82) is 0 Å². The van der Waals surface area contributed by atoms with Gasteiger partial charge in [0.2, 0.25) is 11.8 Å². The molecule has 168 valence electrons. The van der Waals surface area contributed by atoms with Crippen molar-refractivity contribution in [2.24, 2.45) is 5.92 Å². The van der Waals surface area contributed by atoms with Crippen molar-refractivity contribution in [3.63, 3.8) is 0 Å². The molecular formula is C21H26N2O7S. The number of rotatable bonds is 6. The Morgan fingerprint density at radius 2 is 1.74 bits per heavy atom. The Balaban J connectivity index is 1.90. The van der Waals surface area contributed by atoms with E-state index in [1.165, 1.54) is 12.1 Å². The van der Waals surface area contributed by atoms with Gasteiger partial charge >= 0.3 is 5.97 Å². The van der Waals surface area contributed by atoms with Crippen LogP contribution in [0.5, 0.6) is 0 Å². The number of aliphatic carboxylic acids is 1. The summed E-state index contributed by atoms with van der Waals surface area (Å²) in [7, 11) is -3.36. The van der Waals surface area contributed by atoms with Crippen molar-refractivity contribution in [1.82, 2.24) is 10.2 Å². The number of piperidine rings is 1. The molecule has 2 amide bonds. The predicted molar refractivity (Wildman–Crippen MR) is 110 cm³/mol. The van der Waals surface area contributed by atoms with Crippen molar-refractivity contribution in [3.8, 4) is 0 Å². The highest BCUT2D eigenvalue weighted by molar-refractivity contribution is 7.90. The Kier molecular flexibility index (Phi) is 6.49. The minimum absolute atomic E-state index is 0.0469. The molecule has 1 spiro atoms. The molecule has 1 atom stereocenters. The van der Waals surface area contributed by atoms with E-state index in [0.29, 0.717) is 18.4 Å². The number of nitrogens with one attached hydrogen (secondary N) is 1. The Hall–Kier alpha value is -2.75. The number of amides is 2. The number of hydrogen-bond donors (Lipinski definition) is 2. The third-order valence-electron chi connectivity index (χ3n) is 6.06. The van der Waals surface area contributed by atoms with Crippen LogP contribution in [-0.4, -0.2) is 60.3 Å². The molecule has 1 aliphatic heterocycles. The van der Waals surface area contributed by atoms with Gasteiger partial charge in [-0.25, -0.2) is 8.42 Å². The predicted octanol–water partition coefficient (Wildman–Crippen LogP) is 0.911. The minimum Gasteiger partial charge on any atom is -0.480 e. The Morgan fingerprint density at radius 3 is 2.29 bits per heavy atom. The highest BCUT2D eigenvalue weighted by atomic mass is 32.2. The first-order valence-corrected chi connectivity index (χ1v) is 12.1. The number of hydrogen-bond acceptors (Lipinski definition) is 6. The molecule has 1 aliphatic carbocycles. The highest BCUT2D eigenvalue weighted by Crippen LogP contribution is 2.42. The smallest absolute Gasteiger partial charge is 0.322 e. The molecule has 0 radical (unpaired) electrons. The second kappa shape index (κ2) is 8.78. The standard InChI is InChI=1S/C21H26N2O7S/c1-31(29,30)15-7-5-14(6-8-15)13-23-20(28)18(19(27)22-12-17(25)26)16(24)11-21(23)9-3-2-4-10-21/h5-8,18H,2-4,9-13H2,1H3,(H,22,27)(H,25,26). The molecule has 0 bridgehead atoms. The Labute approximate surface area is 180 Å². The van der Waals surface area contributed by atoms with Crippen LogP contribution in [0.3, 0.4) is 0 Å². The zero-order valence-corrected chi connectivity index (χ0v) is 18.1. The van der Waals surface area contributed by atoms with Crippen molar-refractivity contribution in [2.75, 3.05) is 12.8 Å². The van der Waals surface area contributed by atoms with E-state index >= 15 is 0 Å². The molecule has 1 heterocycles. The molecule has 1 unspecified atom stereocenters.